The molecule has 1 saturated carbocycles. The first kappa shape index (κ1) is 17.3. The zero-order chi connectivity index (χ0) is 17.5. The van der Waals surface area contributed by atoms with Crippen LogP contribution < -0.4 is 4.90 Å². The monoisotopic (exact) mass is 349 g/mol. The highest BCUT2D eigenvalue weighted by atomic mass is 32.2. The standard InChI is InChI=1S/C18H27N3O2S/c1-14(2)18-19(16-8-6-5-7-9-16)12-13-20(18)24(22,23)21(15(3)4)17-10-11-17/h5-9,12-15,17-18H,10-11H2,1-4H3. The minimum Gasteiger partial charge on any atom is -0.324 e. The van der Waals surface area contributed by atoms with Gasteiger partial charge in [-0.05, 0) is 44.7 Å². The molecule has 1 aliphatic heterocycles. The average Bonchev–Trinajstić information content (AvgIpc) is 3.22. The van der Waals surface area contributed by atoms with E-state index in [-0.39, 0.29) is 24.2 Å². The predicted octanol–water partition coefficient (Wildman–Crippen LogP) is 3.38. The molecular weight excluding hydrogens is 322 g/mol. The van der Waals surface area contributed by atoms with Gasteiger partial charge in [0.2, 0.25) is 0 Å². The third-order valence-electron chi connectivity index (χ3n) is 4.52. The largest absolute Gasteiger partial charge is 0.324 e. The van der Waals surface area contributed by atoms with Crippen molar-refractivity contribution in [3.05, 3.63) is 42.7 Å². The van der Waals surface area contributed by atoms with E-state index in [1.54, 1.807) is 14.8 Å². The fourth-order valence-corrected chi connectivity index (χ4v) is 5.58. The summed E-state index contributed by atoms with van der Waals surface area (Å²) in [6, 6.07) is 10.1. The van der Waals surface area contributed by atoms with Gasteiger partial charge in [-0.3, -0.25) is 0 Å². The molecule has 1 unspecified atom stereocenters. The lowest BCUT2D eigenvalue weighted by atomic mass is 10.1. The molecule has 1 heterocycles. The van der Waals surface area contributed by atoms with Crippen molar-refractivity contribution in [2.45, 2.75) is 58.8 Å². The lowest BCUT2D eigenvalue weighted by Gasteiger charge is -2.38. The first-order valence-corrected chi connectivity index (χ1v) is 10.1. The number of para-hydroxylation sites is 1. The molecule has 6 heteroatoms. The minimum atomic E-state index is -3.53. The van der Waals surface area contributed by atoms with E-state index in [2.05, 4.69) is 13.8 Å². The van der Waals surface area contributed by atoms with Crippen LogP contribution in [0.15, 0.2) is 42.7 Å². The Morgan fingerprint density at radius 1 is 1.04 bits per heavy atom. The number of hydrogen-bond donors (Lipinski definition) is 0. The molecule has 0 amide bonds. The van der Waals surface area contributed by atoms with Crippen molar-refractivity contribution >= 4 is 15.9 Å². The molecule has 24 heavy (non-hydrogen) atoms. The van der Waals surface area contributed by atoms with E-state index in [4.69, 9.17) is 0 Å². The molecule has 0 saturated heterocycles. The maximum absolute atomic E-state index is 13.3. The molecule has 0 spiro atoms. The van der Waals surface area contributed by atoms with Gasteiger partial charge >= 0.3 is 10.2 Å². The third-order valence-corrected chi connectivity index (χ3v) is 6.64. The molecule has 0 radical (unpaired) electrons. The summed E-state index contributed by atoms with van der Waals surface area (Å²) in [5, 5.41) is 0. The van der Waals surface area contributed by atoms with Gasteiger partial charge in [-0.1, -0.05) is 32.0 Å². The van der Waals surface area contributed by atoms with Gasteiger partial charge in [0.15, 0.2) is 0 Å². The summed E-state index contributed by atoms with van der Waals surface area (Å²) in [5.41, 5.74) is 1.01. The van der Waals surface area contributed by atoms with Crippen LogP contribution in [0, 0.1) is 5.92 Å². The van der Waals surface area contributed by atoms with Crippen molar-refractivity contribution < 1.29 is 8.42 Å². The van der Waals surface area contributed by atoms with Crippen molar-refractivity contribution in [2.24, 2.45) is 5.92 Å². The van der Waals surface area contributed by atoms with Crippen LogP contribution in [0.1, 0.15) is 40.5 Å². The van der Waals surface area contributed by atoms with Crippen LogP contribution in [-0.4, -0.2) is 35.3 Å². The van der Waals surface area contributed by atoms with E-state index in [0.29, 0.717) is 0 Å². The van der Waals surface area contributed by atoms with Gasteiger partial charge in [0, 0.05) is 30.2 Å². The Hall–Kier alpha value is -1.53. The van der Waals surface area contributed by atoms with Crippen LogP contribution in [0.4, 0.5) is 5.69 Å². The summed E-state index contributed by atoms with van der Waals surface area (Å²) in [7, 11) is -3.53. The first-order chi connectivity index (χ1) is 11.3. The van der Waals surface area contributed by atoms with Gasteiger partial charge in [-0.25, -0.2) is 4.31 Å². The van der Waals surface area contributed by atoms with Gasteiger partial charge in [0.05, 0.1) is 0 Å². The maximum Gasteiger partial charge on any atom is 0.305 e. The zero-order valence-electron chi connectivity index (χ0n) is 14.8. The number of nitrogens with zero attached hydrogens (tertiary/aromatic N) is 3. The summed E-state index contributed by atoms with van der Waals surface area (Å²) in [6.45, 7) is 8.03. The predicted molar refractivity (Wildman–Crippen MR) is 97.4 cm³/mol. The maximum atomic E-state index is 13.3. The quantitative estimate of drug-likeness (QED) is 0.791. The fourth-order valence-electron chi connectivity index (χ4n) is 3.42. The Morgan fingerprint density at radius 3 is 2.17 bits per heavy atom. The van der Waals surface area contributed by atoms with Gasteiger partial charge in [0.1, 0.15) is 6.17 Å². The summed E-state index contributed by atoms with van der Waals surface area (Å²) in [5.74, 6) is 0.156. The number of anilines is 1. The van der Waals surface area contributed by atoms with Crippen molar-refractivity contribution in [2.75, 3.05) is 4.90 Å². The van der Waals surface area contributed by atoms with Crippen molar-refractivity contribution in [1.29, 1.82) is 0 Å². The lowest BCUT2D eigenvalue weighted by Crippen LogP contribution is -2.52. The molecule has 1 aromatic rings. The molecule has 1 aliphatic carbocycles. The van der Waals surface area contributed by atoms with E-state index < -0.39 is 10.2 Å². The lowest BCUT2D eigenvalue weighted by molar-refractivity contribution is 0.279. The van der Waals surface area contributed by atoms with Crippen LogP contribution in [0.5, 0.6) is 0 Å². The Labute approximate surface area is 145 Å². The summed E-state index contributed by atoms with van der Waals surface area (Å²) in [4.78, 5) is 2.05. The van der Waals surface area contributed by atoms with Gasteiger partial charge in [-0.15, -0.1) is 0 Å². The topological polar surface area (TPSA) is 43.9 Å². The van der Waals surface area contributed by atoms with Crippen LogP contribution in [0.25, 0.3) is 0 Å². The van der Waals surface area contributed by atoms with Crippen molar-refractivity contribution in [1.82, 2.24) is 8.61 Å². The second-order valence-corrected chi connectivity index (χ2v) is 8.93. The molecule has 0 aromatic heterocycles. The Kier molecular flexibility index (Phi) is 4.62. The van der Waals surface area contributed by atoms with Crippen molar-refractivity contribution in [3.8, 4) is 0 Å². The Morgan fingerprint density at radius 2 is 1.67 bits per heavy atom. The molecule has 3 rings (SSSR count). The number of rotatable bonds is 6. The van der Waals surface area contributed by atoms with E-state index in [1.807, 2.05) is 55.3 Å². The van der Waals surface area contributed by atoms with Crippen LogP contribution in [0.2, 0.25) is 0 Å². The molecule has 132 valence electrons. The zero-order valence-corrected chi connectivity index (χ0v) is 15.6. The molecular formula is C18H27N3O2S. The highest BCUT2D eigenvalue weighted by Crippen LogP contribution is 2.37. The molecule has 5 nitrogen and oxygen atoms in total. The molecule has 2 aliphatic rings. The molecule has 0 bridgehead atoms. The molecule has 1 fully saturated rings. The van der Waals surface area contributed by atoms with E-state index in [0.717, 1.165) is 18.5 Å². The van der Waals surface area contributed by atoms with Gasteiger partial charge < -0.3 is 4.90 Å². The van der Waals surface area contributed by atoms with Crippen LogP contribution >= 0.6 is 0 Å². The fraction of sp³-hybridized carbons (Fsp3) is 0.556. The van der Waals surface area contributed by atoms with Crippen molar-refractivity contribution in [3.63, 3.8) is 0 Å². The van der Waals surface area contributed by atoms with E-state index in [1.165, 1.54) is 0 Å². The van der Waals surface area contributed by atoms with Gasteiger partial charge in [0.25, 0.3) is 0 Å². The van der Waals surface area contributed by atoms with Crippen LogP contribution in [0.3, 0.4) is 0 Å². The van der Waals surface area contributed by atoms with E-state index >= 15 is 0 Å². The second-order valence-electron chi connectivity index (χ2n) is 7.19. The molecule has 0 N–H and O–H groups in total. The third kappa shape index (κ3) is 3.05. The SMILES string of the molecule is CC(C)C1N(c2ccccc2)C=CN1S(=O)(=O)N(C(C)C)C1CC1. The smallest absolute Gasteiger partial charge is 0.305 e. The Bertz CT molecular complexity index is 694. The summed E-state index contributed by atoms with van der Waals surface area (Å²) in [6.07, 6.45) is 5.28. The molecule has 1 atom stereocenters. The summed E-state index contributed by atoms with van der Waals surface area (Å²) < 4.78 is 29.9. The normalized spacial score (nSPS) is 21.5. The highest BCUT2D eigenvalue weighted by molar-refractivity contribution is 7.86. The number of hydrogen-bond acceptors (Lipinski definition) is 3. The summed E-state index contributed by atoms with van der Waals surface area (Å²) >= 11 is 0. The van der Waals surface area contributed by atoms with Gasteiger partial charge in [-0.2, -0.15) is 12.7 Å². The highest BCUT2D eigenvalue weighted by Gasteiger charge is 2.46. The Balaban J connectivity index is 1.94. The second kappa shape index (κ2) is 6.41. The first-order valence-electron chi connectivity index (χ1n) is 8.67. The minimum absolute atomic E-state index is 0.0329. The molecule has 1 aromatic carbocycles. The number of benzene rings is 1. The average molecular weight is 350 g/mol. The van der Waals surface area contributed by atoms with Crippen LogP contribution in [-0.2, 0) is 10.2 Å². The van der Waals surface area contributed by atoms with E-state index in [9.17, 15) is 8.42 Å².